The lowest BCUT2D eigenvalue weighted by Gasteiger charge is -2.09. The number of aromatic nitrogens is 2. The molecule has 0 radical (unpaired) electrons. The standard InChI is InChI=1S/C13H14N4O2S/c1-9-13(10(2)17(3)15-9)16-20(18,19)12-7-5-4-6-11(12)8-14/h4-7,16H,1-3H3. The molecule has 0 amide bonds. The number of sulfonamides is 1. The normalized spacial score (nSPS) is 11.1. The van der Waals surface area contributed by atoms with Crippen molar-refractivity contribution in [3.8, 4) is 6.07 Å². The number of nitriles is 1. The highest BCUT2D eigenvalue weighted by Crippen LogP contribution is 2.24. The van der Waals surface area contributed by atoms with Gasteiger partial charge in [-0.15, -0.1) is 0 Å². The van der Waals surface area contributed by atoms with Gasteiger partial charge in [-0.25, -0.2) is 8.42 Å². The summed E-state index contributed by atoms with van der Waals surface area (Å²) in [6.07, 6.45) is 0. The van der Waals surface area contributed by atoms with Crippen LogP contribution in [0, 0.1) is 25.2 Å². The van der Waals surface area contributed by atoms with Gasteiger partial charge in [-0.1, -0.05) is 12.1 Å². The largest absolute Gasteiger partial charge is 0.276 e. The second-order valence-electron chi connectivity index (χ2n) is 4.38. The lowest BCUT2D eigenvalue weighted by Crippen LogP contribution is -2.15. The predicted octanol–water partition coefficient (Wildman–Crippen LogP) is 1.71. The molecular weight excluding hydrogens is 276 g/mol. The molecule has 1 aromatic heterocycles. The highest BCUT2D eigenvalue weighted by atomic mass is 32.2. The maximum atomic E-state index is 12.4. The number of rotatable bonds is 3. The summed E-state index contributed by atoms with van der Waals surface area (Å²) in [5.41, 5.74) is 1.85. The van der Waals surface area contributed by atoms with Crippen molar-refractivity contribution in [3.63, 3.8) is 0 Å². The Balaban J connectivity index is 2.50. The topological polar surface area (TPSA) is 87.8 Å². The lowest BCUT2D eigenvalue weighted by molar-refractivity contribution is 0.601. The molecular formula is C13H14N4O2S. The summed E-state index contributed by atoms with van der Waals surface area (Å²) in [5, 5.41) is 13.2. The molecule has 7 heteroatoms. The van der Waals surface area contributed by atoms with Crippen LogP contribution in [0.3, 0.4) is 0 Å². The minimum Gasteiger partial charge on any atom is -0.276 e. The molecule has 0 bridgehead atoms. The monoisotopic (exact) mass is 290 g/mol. The van der Waals surface area contributed by atoms with E-state index < -0.39 is 10.0 Å². The van der Waals surface area contributed by atoms with Gasteiger partial charge in [-0.2, -0.15) is 10.4 Å². The summed E-state index contributed by atoms with van der Waals surface area (Å²) in [7, 11) is -2.07. The van der Waals surface area contributed by atoms with Gasteiger partial charge >= 0.3 is 0 Å². The molecule has 104 valence electrons. The number of anilines is 1. The summed E-state index contributed by atoms with van der Waals surface area (Å²) in [6.45, 7) is 3.50. The maximum Gasteiger partial charge on any atom is 0.263 e. The summed E-state index contributed by atoms with van der Waals surface area (Å²) < 4.78 is 28.9. The molecule has 0 saturated heterocycles. The molecule has 0 aliphatic carbocycles. The molecule has 6 nitrogen and oxygen atoms in total. The molecule has 0 aliphatic heterocycles. The van der Waals surface area contributed by atoms with E-state index >= 15 is 0 Å². The molecule has 20 heavy (non-hydrogen) atoms. The molecule has 0 unspecified atom stereocenters. The molecule has 2 aromatic rings. The SMILES string of the molecule is Cc1nn(C)c(C)c1NS(=O)(=O)c1ccccc1C#N. The van der Waals surface area contributed by atoms with Gasteiger partial charge in [0.05, 0.1) is 22.6 Å². The Morgan fingerprint density at radius 3 is 2.50 bits per heavy atom. The van der Waals surface area contributed by atoms with Gasteiger partial charge < -0.3 is 0 Å². The predicted molar refractivity (Wildman–Crippen MR) is 74.6 cm³/mol. The van der Waals surface area contributed by atoms with Crippen molar-refractivity contribution >= 4 is 15.7 Å². The summed E-state index contributed by atoms with van der Waals surface area (Å²) >= 11 is 0. The fraction of sp³-hybridized carbons (Fsp3) is 0.231. The van der Waals surface area contributed by atoms with Crippen LogP contribution in [0.25, 0.3) is 0 Å². The third-order valence-corrected chi connectivity index (χ3v) is 4.45. The van der Waals surface area contributed by atoms with Crippen LogP contribution in [-0.4, -0.2) is 18.2 Å². The van der Waals surface area contributed by atoms with E-state index in [-0.39, 0.29) is 10.5 Å². The molecule has 0 spiro atoms. The number of hydrogen-bond donors (Lipinski definition) is 1. The fourth-order valence-electron chi connectivity index (χ4n) is 1.90. The Bertz CT molecular complexity index is 800. The smallest absolute Gasteiger partial charge is 0.263 e. The van der Waals surface area contributed by atoms with Gasteiger partial charge in [0.25, 0.3) is 10.0 Å². The Morgan fingerprint density at radius 1 is 1.30 bits per heavy atom. The van der Waals surface area contributed by atoms with Crippen LogP contribution in [0.4, 0.5) is 5.69 Å². The molecule has 1 aromatic carbocycles. The lowest BCUT2D eigenvalue weighted by atomic mass is 10.2. The van der Waals surface area contributed by atoms with Crippen molar-refractivity contribution in [2.75, 3.05) is 4.72 Å². The average Bonchev–Trinajstić information content (AvgIpc) is 2.65. The van der Waals surface area contributed by atoms with E-state index in [0.29, 0.717) is 17.1 Å². The number of nitrogens with zero attached hydrogens (tertiary/aromatic N) is 3. The zero-order valence-electron chi connectivity index (χ0n) is 11.4. The molecule has 1 heterocycles. The first-order valence-corrected chi connectivity index (χ1v) is 7.37. The summed E-state index contributed by atoms with van der Waals surface area (Å²) in [6, 6.07) is 7.96. The highest BCUT2D eigenvalue weighted by molar-refractivity contribution is 7.92. The van der Waals surface area contributed by atoms with Gasteiger partial charge in [0.15, 0.2) is 0 Å². The van der Waals surface area contributed by atoms with E-state index in [4.69, 9.17) is 5.26 Å². The Kier molecular flexibility index (Phi) is 3.51. The maximum absolute atomic E-state index is 12.4. The van der Waals surface area contributed by atoms with Gasteiger partial charge in [-0.3, -0.25) is 9.40 Å². The number of aryl methyl sites for hydroxylation is 2. The Labute approximate surface area is 117 Å². The Hall–Kier alpha value is -2.33. The van der Waals surface area contributed by atoms with Crippen LogP contribution < -0.4 is 4.72 Å². The van der Waals surface area contributed by atoms with E-state index in [1.54, 1.807) is 37.7 Å². The van der Waals surface area contributed by atoms with Crippen molar-refractivity contribution < 1.29 is 8.42 Å². The van der Waals surface area contributed by atoms with Crippen LogP contribution in [0.2, 0.25) is 0 Å². The van der Waals surface area contributed by atoms with E-state index in [1.165, 1.54) is 12.1 Å². The van der Waals surface area contributed by atoms with Crippen molar-refractivity contribution in [1.82, 2.24) is 9.78 Å². The zero-order valence-corrected chi connectivity index (χ0v) is 12.2. The summed E-state index contributed by atoms with van der Waals surface area (Å²) in [4.78, 5) is -0.0369. The number of nitrogens with one attached hydrogen (secondary N) is 1. The molecule has 2 rings (SSSR count). The zero-order chi connectivity index (χ0) is 14.9. The third-order valence-electron chi connectivity index (χ3n) is 3.04. The van der Waals surface area contributed by atoms with Crippen LogP contribution in [0.1, 0.15) is 17.0 Å². The quantitative estimate of drug-likeness (QED) is 0.932. The number of benzene rings is 1. The Morgan fingerprint density at radius 2 is 1.95 bits per heavy atom. The van der Waals surface area contributed by atoms with Crippen LogP contribution in [-0.2, 0) is 17.1 Å². The average molecular weight is 290 g/mol. The highest BCUT2D eigenvalue weighted by Gasteiger charge is 2.21. The fourth-order valence-corrected chi connectivity index (χ4v) is 3.24. The van der Waals surface area contributed by atoms with Crippen molar-refractivity contribution in [2.45, 2.75) is 18.7 Å². The minimum absolute atomic E-state index is 0.0369. The molecule has 1 N–H and O–H groups in total. The van der Waals surface area contributed by atoms with Crippen molar-refractivity contribution in [2.24, 2.45) is 7.05 Å². The first-order valence-electron chi connectivity index (χ1n) is 5.89. The van der Waals surface area contributed by atoms with Gasteiger partial charge in [0.1, 0.15) is 11.0 Å². The molecule has 0 fully saturated rings. The number of hydrogen-bond acceptors (Lipinski definition) is 4. The minimum atomic E-state index is -3.81. The molecule has 0 aliphatic rings. The second-order valence-corrected chi connectivity index (χ2v) is 6.03. The van der Waals surface area contributed by atoms with Crippen LogP contribution in [0.15, 0.2) is 29.2 Å². The van der Waals surface area contributed by atoms with E-state index in [2.05, 4.69) is 9.82 Å². The van der Waals surface area contributed by atoms with Gasteiger partial charge in [-0.05, 0) is 26.0 Å². The van der Waals surface area contributed by atoms with Gasteiger partial charge in [0.2, 0.25) is 0 Å². The first kappa shape index (κ1) is 14.1. The first-order chi connectivity index (χ1) is 9.36. The van der Waals surface area contributed by atoms with Crippen LogP contribution >= 0.6 is 0 Å². The van der Waals surface area contributed by atoms with Crippen molar-refractivity contribution in [1.29, 1.82) is 5.26 Å². The van der Waals surface area contributed by atoms with E-state index in [9.17, 15) is 8.42 Å². The van der Waals surface area contributed by atoms with Crippen LogP contribution in [0.5, 0.6) is 0 Å². The van der Waals surface area contributed by atoms with Gasteiger partial charge in [0, 0.05) is 7.05 Å². The van der Waals surface area contributed by atoms with Crippen molar-refractivity contribution in [3.05, 3.63) is 41.2 Å². The van der Waals surface area contributed by atoms with E-state index in [0.717, 1.165) is 0 Å². The second kappa shape index (κ2) is 4.98. The van der Waals surface area contributed by atoms with E-state index in [1.807, 2.05) is 6.07 Å². The third kappa shape index (κ3) is 2.38. The summed E-state index contributed by atoms with van der Waals surface area (Å²) in [5.74, 6) is 0. The molecule has 0 saturated carbocycles. The molecule has 0 atom stereocenters.